The molecular formula is C21H27N3O. The normalized spacial score (nSPS) is 17.2. The van der Waals surface area contributed by atoms with Gasteiger partial charge in [0.1, 0.15) is 0 Å². The van der Waals surface area contributed by atoms with Gasteiger partial charge in [0.15, 0.2) is 0 Å². The van der Waals surface area contributed by atoms with Crippen molar-refractivity contribution < 1.29 is 4.79 Å². The fourth-order valence-corrected chi connectivity index (χ4v) is 3.57. The molecule has 25 heavy (non-hydrogen) atoms. The predicted octanol–water partition coefficient (Wildman–Crippen LogP) is 3.25. The molecule has 4 heteroatoms. The minimum absolute atomic E-state index is 0.0983. The average molecular weight is 337 g/mol. The minimum atomic E-state index is -0.151. The van der Waals surface area contributed by atoms with Gasteiger partial charge in [-0.1, -0.05) is 29.8 Å². The minimum Gasteiger partial charge on any atom is -0.345 e. The number of carbonyl (C=O) groups excluding carboxylic acids is 1. The Morgan fingerprint density at radius 1 is 1.24 bits per heavy atom. The van der Waals surface area contributed by atoms with Gasteiger partial charge in [0.25, 0.3) is 0 Å². The van der Waals surface area contributed by atoms with E-state index in [9.17, 15) is 4.79 Å². The van der Waals surface area contributed by atoms with Crippen molar-refractivity contribution in [3.63, 3.8) is 0 Å². The Morgan fingerprint density at radius 2 is 2.00 bits per heavy atom. The summed E-state index contributed by atoms with van der Waals surface area (Å²) in [6, 6.07) is 10.2. The number of benzene rings is 1. The third kappa shape index (κ3) is 4.26. The maximum atomic E-state index is 12.9. The van der Waals surface area contributed by atoms with Gasteiger partial charge in [0.2, 0.25) is 5.91 Å². The number of piperidine rings is 1. The first kappa shape index (κ1) is 17.6. The van der Waals surface area contributed by atoms with Crippen LogP contribution in [0.4, 0.5) is 0 Å². The molecule has 4 nitrogen and oxygen atoms in total. The van der Waals surface area contributed by atoms with E-state index >= 15 is 0 Å². The molecule has 132 valence electrons. The van der Waals surface area contributed by atoms with E-state index < -0.39 is 0 Å². The molecule has 0 spiro atoms. The maximum Gasteiger partial charge on any atom is 0.223 e. The smallest absolute Gasteiger partial charge is 0.223 e. The highest BCUT2D eigenvalue weighted by Gasteiger charge is 2.27. The van der Waals surface area contributed by atoms with Gasteiger partial charge in [0, 0.05) is 18.3 Å². The van der Waals surface area contributed by atoms with Crippen LogP contribution < -0.4 is 5.32 Å². The summed E-state index contributed by atoms with van der Waals surface area (Å²) >= 11 is 0. The fraction of sp³-hybridized carbons (Fsp3) is 0.429. The van der Waals surface area contributed by atoms with Crippen molar-refractivity contribution in [2.75, 3.05) is 20.1 Å². The zero-order valence-corrected chi connectivity index (χ0v) is 15.3. The molecule has 0 radical (unpaired) electrons. The van der Waals surface area contributed by atoms with Crippen molar-refractivity contribution in [1.29, 1.82) is 0 Å². The number of nitrogens with one attached hydrogen (secondary N) is 1. The molecule has 1 N–H and O–H groups in total. The number of aromatic nitrogens is 1. The summed E-state index contributed by atoms with van der Waals surface area (Å²) in [5.41, 5.74) is 4.58. The van der Waals surface area contributed by atoms with Crippen molar-refractivity contribution in [1.82, 2.24) is 15.2 Å². The third-order valence-corrected chi connectivity index (χ3v) is 5.13. The van der Waals surface area contributed by atoms with E-state index in [1.807, 2.05) is 18.3 Å². The van der Waals surface area contributed by atoms with Crippen molar-refractivity contribution in [3.05, 3.63) is 65.0 Å². The summed E-state index contributed by atoms with van der Waals surface area (Å²) in [5.74, 6) is 0.253. The largest absolute Gasteiger partial charge is 0.345 e. The van der Waals surface area contributed by atoms with E-state index in [1.165, 1.54) is 11.1 Å². The van der Waals surface area contributed by atoms with Gasteiger partial charge in [-0.05, 0) is 69.6 Å². The lowest BCUT2D eigenvalue weighted by atomic mass is 9.92. The third-order valence-electron chi connectivity index (χ3n) is 5.13. The maximum absolute atomic E-state index is 12.9. The number of carbonyl (C=O) groups is 1. The van der Waals surface area contributed by atoms with Gasteiger partial charge in [-0.25, -0.2) is 0 Å². The Morgan fingerprint density at radius 3 is 2.64 bits per heavy atom. The fourth-order valence-electron chi connectivity index (χ4n) is 3.57. The number of rotatable bonds is 4. The van der Waals surface area contributed by atoms with Crippen molar-refractivity contribution in [2.24, 2.45) is 5.92 Å². The van der Waals surface area contributed by atoms with E-state index in [1.54, 1.807) is 6.20 Å². The Kier molecular flexibility index (Phi) is 5.49. The van der Waals surface area contributed by atoms with Crippen LogP contribution in [-0.2, 0) is 4.79 Å². The summed E-state index contributed by atoms with van der Waals surface area (Å²) in [5, 5.41) is 3.30. The van der Waals surface area contributed by atoms with Crippen LogP contribution in [0, 0.1) is 19.8 Å². The molecule has 1 saturated heterocycles. The molecule has 0 bridgehead atoms. The van der Waals surface area contributed by atoms with Gasteiger partial charge in [-0.2, -0.15) is 0 Å². The average Bonchev–Trinajstić information content (AvgIpc) is 2.61. The number of pyridine rings is 1. The van der Waals surface area contributed by atoms with E-state index in [0.29, 0.717) is 0 Å². The molecule has 1 aliphatic heterocycles. The van der Waals surface area contributed by atoms with Crippen molar-refractivity contribution in [2.45, 2.75) is 32.7 Å². The molecule has 1 aromatic carbocycles. The van der Waals surface area contributed by atoms with Crippen LogP contribution in [0.2, 0.25) is 0 Å². The quantitative estimate of drug-likeness (QED) is 0.931. The van der Waals surface area contributed by atoms with Crippen molar-refractivity contribution >= 4 is 5.91 Å². The Labute approximate surface area is 150 Å². The first-order valence-electron chi connectivity index (χ1n) is 9.00. The summed E-state index contributed by atoms with van der Waals surface area (Å²) < 4.78 is 0. The number of hydrogen-bond donors (Lipinski definition) is 1. The van der Waals surface area contributed by atoms with Crippen LogP contribution in [0.15, 0.2) is 42.7 Å². The number of amides is 1. The van der Waals surface area contributed by atoms with E-state index in [2.05, 4.69) is 54.3 Å². The second-order valence-electron chi connectivity index (χ2n) is 7.17. The summed E-state index contributed by atoms with van der Waals surface area (Å²) in [7, 11) is 2.11. The van der Waals surface area contributed by atoms with Gasteiger partial charge < -0.3 is 10.2 Å². The lowest BCUT2D eigenvalue weighted by molar-refractivity contribution is -0.126. The Balaban J connectivity index is 1.85. The summed E-state index contributed by atoms with van der Waals surface area (Å²) in [4.78, 5) is 19.4. The Hall–Kier alpha value is -2.20. The summed E-state index contributed by atoms with van der Waals surface area (Å²) in [6.45, 7) is 6.17. The second-order valence-corrected chi connectivity index (χ2v) is 7.17. The molecule has 2 heterocycles. The van der Waals surface area contributed by atoms with Crippen molar-refractivity contribution in [3.8, 4) is 0 Å². The molecule has 1 amide bonds. The highest BCUT2D eigenvalue weighted by molar-refractivity contribution is 5.79. The zero-order valence-electron chi connectivity index (χ0n) is 15.3. The van der Waals surface area contributed by atoms with Crippen LogP contribution in [0.5, 0.6) is 0 Å². The van der Waals surface area contributed by atoms with Gasteiger partial charge in [-0.15, -0.1) is 0 Å². The molecule has 0 unspecified atom stereocenters. The SMILES string of the molecule is Cc1ccc([C@H](NC(=O)C2CCN(C)CC2)c2cccnc2)c(C)c1. The highest BCUT2D eigenvalue weighted by Crippen LogP contribution is 2.27. The number of nitrogens with zero attached hydrogens (tertiary/aromatic N) is 2. The van der Waals surface area contributed by atoms with Crippen LogP contribution in [-0.4, -0.2) is 35.9 Å². The summed E-state index contributed by atoms with van der Waals surface area (Å²) in [6.07, 6.45) is 5.46. The number of likely N-dealkylation sites (tertiary alicyclic amines) is 1. The molecule has 0 saturated carbocycles. The van der Waals surface area contributed by atoms with Crippen LogP contribution in [0.25, 0.3) is 0 Å². The first-order valence-corrected chi connectivity index (χ1v) is 9.00. The highest BCUT2D eigenvalue weighted by atomic mass is 16.1. The van der Waals surface area contributed by atoms with Crippen LogP contribution in [0.3, 0.4) is 0 Å². The predicted molar refractivity (Wildman–Crippen MR) is 100 cm³/mol. The molecule has 1 fully saturated rings. The van der Waals surface area contributed by atoms with Crippen LogP contribution >= 0.6 is 0 Å². The molecule has 1 aliphatic rings. The van der Waals surface area contributed by atoms with Gasteiger partial charge in [0.05, 0.1) is 6.04 Å². The Bertz CT molecular complexity index is 721. The van der Waals surface area contributed by atoms with Crippen LogP contribution in [0.1, 0.15) is 41.1 Å². The molecule has 2 aromatic rings. The zero-order chi connectivity index (χ0) is 17.8. The van der Waals surface area contributed by atoms with E-state index in [-0.39, 0.29) is 17.9 Å². The second kappa shape index (κ2) is 7.79. The van der Waals surface area contributed by atoms with E-state index in [0.717, 1.165) is 37.1 Å². The molecule has 3 rings (SSSR count). The lowest BCUT2D eigenvalue weighted by Gasteiger charge is -2.30. The molecule has 1 aromatic heterocycles. The van der Waals surface area contributed by atoms with Gasteiger partial charge >= 0.3 is 0 Å². The first-order chi connectivity index (χ1) is 12.0. The number of hydrogen-bond acceptors (Lipinski definition) is 3. The van der Waals surface area contributed by atoms with Gasteiger partial charge in [-0.3, -0.25) is 9.78 Å². The lowest BCUT2D eigenvalue weighted by Crippen LogP contribution is -2.40. The van der Waals surface area contributed by atoms with E-state index in [4.69, 9.17) is 0 Å². The standard InChI is InChI=1S/C21H27N3O/c1-15-6-7-19(16(2)13-15)20(18-5-4-10-22-14-18)23-21(25)17-8-11-24(3)12-9-17/h4-7,10,13-14,17,20H,8-9,11-12H2,1-3H3,(H,23,25)/t20-/m1/s1. The molecular weight excluding hydrogens is 310 g/mol. The monoisotopic (exact) mass is 337 g/mol. The topological polar surface area (TPSA) is 45.2 Å². The molecule has 1 atom stereocenters. The molecule has 0 aliphatic carbocycles. The number of aryl methyl sites for hydroxylation is 2.